The van der Waals surface area contributed by atoms with Gasteiger partial charge in [0.25, 0.3) is 0 Å². The number of phenols is 1. The molecule has 1 aliphatic carbocycles. The van der Waals surface area contributed by atoms with Gasteiger partial charge in [0.1, 0.15) is 18.4 Å². The number of methoxy groups -OCH3 is 1. The summed E-state index contributed by atoms with van der Waals surface area (Å²) < 4.78 is 10.1. The topological polar surface area (TPSA) is 122 Å². The first-order valence-electron chi connectivity index (χ1n) is 10.6. The van der Waals surface area contributed by atoms with E-state index in [0.29, 0.717) is 0 Å². The number of esters is 1. The molecule has 1 atom stereocenters. The van der Waals surface area contributed by atoms with E-state index in [9.17, 15) is 24.6 Å². The molecule has 4 rings (SSSR count). The molecule has 0 radical (unpaired) electrons. The summed E-state index contributed by atoms with van der Waals surface area (Å²) in [4.78, 5) is 36.0. The summed E-state index contributed by atoms with van der Waals surface area (Å²) in [5.41, 5.74) is 4.56. The number of ether oxygens (including phenoxy) is 2. The van der Waals surface area contributed by atoms with E-state index in [1.807, 2.05) is 48.5 Å². The second-order valence-corrected chi connectivity index (χ2v) is 7.90. The van der Waals surface area contributed by atoms with Crippen molar-refractivity contribution in [3.05, 3.63) is 89.0 Å². The van der Waals surface area contributed by atoms with Crippen molar-refractivity contribution in [2.45, 2.75) is 18.4 Å². The molecule has 3 aromatic rings. The number of aromatic hydroxyl groups is 1. The van der Waals surface area contributed by atoms with Crippen LogP contribution in [0, 0.1) is 0 Å². The Kier molecular flexibility index (Phi) is 6.49. The molecule has 0 bridgehead atoms. The number of carboxylic acid groups (broad SMARTS) is 1. The molecule has 8 heteroatoms. The number of carbonyl (C=O) groups is 3. The Morgan fingerprint density at radius 3 is 2.18 bits per heavy atom. The fourth-order valence-corrected chi connectivity index (χ4v) is 4.20. The van der Waals surface area contributed by atoms with Crippen molar-refractivity contribution in [2.75, 3.05) is 13.7 Å². The summed E-state index contributed by atoms with van der Waals surface area (Å²) in [6, 6.07) is 18.3. The number of amides is 1. The molecule has 0 saturated heterocycles. The Hall–Kier alpha value is -4.33. The highest BCUT2D eigenvalue weighted by Gasteiger charge is 2.30. The van der Waals surface area contributed by atoms with Crippen molar-refractivity contribution >= 4 is 18.0 Å². The molecule has 1 amide bonds. The van der Waals surface area contributed by atoms with E-state index in [1.165, 1.54) is 25.3 Å². The monoisotopic (exact) mass is 461 g/mol. The smallest absolute Gasteiger partial charge is 0.407 e. The zero-order valence-corrected chi connectivity index (χ0v) is 18.4. The lowest BCUT2D eigenvalue weighted by Gasteiger charge is -2.18. The van der Waals surface area contributed by atoms with Gasteiger partial charge in [-0.1, -0.05) is 48.5 Å². The molecule has 0 fully saturated rings. The lowest BCUT2D eigenvalue weighted by molar-refractivity contribution is -0.139. The van der Waals surface area contributed by atoms with E-state index in [2.05, 4.69) is 10.1 Å². The standard InChI is InChI=1S/C26H23NO7/c1-33-25(31)15-10-11-23(28)16(12-15)13-22(24(29)30)27-26(32)34-14-21-19-8-4-2-6-17(19)18-7-3-5-9-20(18)21/h2-12,21-22,28H,13-14H2,1H3,(H,27,32)(H,29,30). The van der Waals surface area contributed by atoms with Gasteiger partial charge in [-0.25, -0.2) is 14.4 Å². The number of carbonyl (C=O) groups excluding carboxylic acids is 2. The van der Waals surface area contributed by atoms with E-state index in [4.69, 9.17) is 4.74 Å². The van der Waals surface area contributed by atoms with Gasteiger partial charge in [0.15, 0.2) is 0 Å². The van der Waals surface area contributed by atoms with Crippen molar-refractivity contribution in [1.82, 2.24) is 5.32 Å². The molecule has 0 aliphatic heterocycles. The zero-order valence-electron chi connectivity index (χ0n) is 18.4. The third-order valence-electron chi connectivity index (χ3n) is 5.86. The minimum atomic E-state index is -1.38. The number of aliphatic carboxylic acids is 1. The molecule has 0 heterocycles. The largest absolute Gasteiger partial charge is 0.508 e. The van der Waals surface area contributed by atoms with E-state index in [0.717, 1.165) is 22.3 Å². The van der Waals surface area contributed by atoms with E-state index in [-0.39, 0.29) is 35.8 Å². The minimum absolute atomic E-state index is 0.0370. The predicted octanol–water partition coefficient (Wildman–Crippen LogP) is 3.71. The number of hydrogen-bond donors (Lipinski definition) is 3. The summed E-state index contributed by atoms with van der Waals surface area (Å²) in [6.07, 6.45) is -1.14. The quantitative estimate of drug-likeness (QED) is 0.459. The number of carboxylic acids is 1. The summed E-state index contributed by atoms with van der Waals surface area (Å²) in [5.74, 6) is -2.30. The van der Waals surface area contributed by atoms with E-state index < -0.39 is 24.1 Å². The molecule has 3 N–H and O–H groups in total. The Bertz CT molecular complexity index is 1210. The molecule has 0 spiro atoms. The maximum absolute atomic E-state index is 12.5. The van der Waals surface area contributed by atoms with E-state index >= 15 is 0 Å². The van der Waals surface area contributed by atoms with Gasteiger partial charge in [-0.05, 0) is 46.0 Å². The third-order valence-corrected chi connectivity index (χ3v) is 5.86. The molecule has 1 unspecified atom stereocenters. The van der Waals surface area contributed by atoms with Gasteiger partial charge >= 0.3 is 18.0 Å². The third kappa shape index (κ3) is 4.56. The molecule has 1 aliphatic rings. The maximum atomic E-state index is 12.5. The Morgan fingerprint density at radius 2 is 1.59 bits per heavy atom. The van der Waals surface area contributed by atoms with Crippen LogP contribution in [-0.2, 0) is 20.7 Å². The van der Waals surface area contributed by atoms with Crippen LogP contribution in [0.3, 0.4) is 0 Å². The van der Waals surface area contributed by atoms with Gasteiger partial charge in [0, 0.05) is 12.3 Å². The fraction of sp³-hybridized carbons (Fsp3) is 0.192. The number of benzene rings is 3. The molecule has 0 aromatic heterocycles. The first-order valence-corrected chi connectivity index (χ1v) is 10.6. The van der Waals surface area contributed by atoms with Crippen molar-refractivity contribution in [3.63, 3.8) is 0 Å². The van der Waals surface area contributed by atoms with Crippen molar-refractivity contribution in [3.8, 4) is 16.9 Å². The normalized spacial score (nSPS) is 12.9. The number of hydrogen-bond acceptors (Lipinski definition) is 6. The van der Waals surface area contributed by atoms with Crippen LogP contribution in [0.15, 0.2) is 66.7 Å². The lowest BCUT2D eigenvalue weighted by Crippen LogP contribution is -2.43. The van der Waals surface area contributed by atoms with Crippen LogP contribution in [0.2, 0.25) is 0 Å². The maximum Gasteiger partial charge on any atom is 0.407 e. The van der Waals surface area contributed by atoms with Crippen molar-refractivity contribution < 1.29 is 34.1 Å². The first-order chi connectivity index (χ1) is 16.4. The van der Waals surface area contributed by atoms with Crippen LogP contribution >= 0.6 is 0 Å². The van der Waals surface area contributed by atoms with Gasteiger partial charge in [-0.15, -0.1) is 0 Å². The van der Waals surface area contributed by atoms with Crippen LogP contribution in [0.1, 0.15) is 33.0 Å². The SMILES string of the molecule is COC(=O)c1ccc(O)c(CC(NC(=O)OCC2c3ccccc3-c3ccccc32)C(=O)O)c1. The Morgan fingerprint density at radius 1 is 0.971 bits per heavy atom. The van der Waals surface area contributed by atoms with Crippen LogP contribution in [0.25, 0.3) is 11.1 Å². The molecule has 8 nitrogen and oxygen atoms in total. The molecule has 34 heavy (non-hydrogen) atoms. The zero-order chi connectivity index (χ0) is 24.2. The number of fused-ring (bicyclic) bond motifs is 3. The van der Waals surface area contributed by atoms with Gasteiger partial charge in [0.2, 0.25) is 0 Å². The van der Waals surface area contributed by atoms with E-state index in [1.54, 1.807) is 0 Å². The molecule has 174 valence electrons. The van der Waals surface area contributed by atoms with Crippen LogP contribution in [0.5, 0.6) is 5.75 Å². The minimum Gasteiger partial charge on any atom is -0.508 e. The fourth-order valence-electron chi connectivity index (χ4n) is 4.20. The average Bonchev–Trinajstić information content (AvgIpc) is 3.16. The number of rotatable bonds is 7. The second kappa shape index (κ2) is 9.66. The molecule has 0 saturated carbocycles. The van der Waals surface area contributed by atoms with Gasteiger partial charge in [-0.3, -0.25) is 0 Å². The highest BCUT2D eigenvalue weighted by molar-refractivity contribution is 5.90. The number of nitrogens with one attached hydrogen (secondary N) is 1. The summed E-state index contributed by atoms with van der Waals surface area (Å²) >= 11 is 0. The van der Waals surface area contributed by atoms with Crippen molar-refractivity contribution in [1.29, 1.82) is 0 Å². The second-order valence-electron chi connectivity index (χ2n) is 7.90. The molecular weight excluding hydrogens is 438 g/mol. The molecule has 3 aromatic carbocycles. The highest BCUT2D eigenvalue weighted by atomic mass is 16.5. The highest BCUT2D eigenvalue weighted by Crippen LogP contribution is 2.44. The van der Waals surface area contributed by atoms with Crippen LogP contribution in [0.4, 0.5) is 4.79 Å². The average molecular weight is 461 g/mol. The summed E-state index contributed by atoms with van der Waals surface area (Å²) in [7, 11) is 1.22. The number of phenolic OH excluding ortho intramolecular Hbond substituents is 1. The lowest BCUT2D eigenvalue weighted by atomic mass is 9.98. The van der Waals surface area contributed by atoms with Crippen molar-refractivity contribution in [2.24, 2.45) is 0 Å². The summed E-state index contributed by atoms with van der Waals surface area (Å²) in [5, 5.41) is 22.0. The van der Waals surface area contributed by atoms with Gasteiger partial charge in [-0.2, -0.15) is 0 Å². The number of alkyl carbamates (subject to hydrolysis) is 1. The summed E-state index contributed by atoms with van der Waals surface area (Å²) in [6.45, 7) is 0.0370. The van der Waals surface area contributed by atoms with Gasteiger partial charge < -0.3 is 25.0 Å². The van der Waals surface area contributed by atoms with Gasteiger partial charge in [0.05, 0.1) is 12.7 Å². The van der Waals surface area contributed by atoms with Crippen LogP contribution in [-0.4, -0.2) is 48.0 Å². The Balaban J connectivity index is 1.45. The predicted molar refractivity (Wildman–Crippen MR) is 123 cm³/mol. The van der Waals surface area contributed by atoms with Crippen LogP contribution < -0.4 is 5.32 Å². The Labute approximate surface area is 195 Å². The first kappa shape index (κ1) is 22.8. The molecular formula is C26H23NO7.